The van der Waals surface area contributed by atoms with Gasteiger partial charge in [0.1, 0.15) is 6.04 Å². The van der Waals surface area contributed by atoms with Crippen molar-refractivity contribution in [3.05, 3.63) is 71.8 Å². The lowest BCUT2D eigenvalue weighted by atomic mass is 9.69. The second kappa shape index (κ2) is 12.7. The lowest BCUT2D eigenvalue weighted by Gasteiger charge is -2.42. The third-order valence-electron chi connectivity index (χ3n) is 6.81. The van der Waals surface area contributed by atoms with Gasteiger partial charge >= 0.3 is 0 Å². The smallest absolute Gasteiger partial charge is 0.242 e. The van der Waals surface area contributed by atoms with Gasteiger partial charge in [0.2, 0.25) is 11.8 Å². The van der Waals surface area contributed by atoms with Crippen molar-refractivity contribution in [2.75, 3.05) is 7.05 Å². The lowest BCUT2D eigenvalue weighted by Crippen LogP contribution is -2.55. The summed E-state index contributed by atoms with van der Waals surface area (Å²) in [6, 6.07) is 19.3. The maximum absolute atomic E-state index is 14.0. The largest absolute Gasteiger partial charge is 0.357 e. The van der Waals surface area contributed by atoms with Crippen molar-refractivity contribution in [2.45, 2.75) is 69.6 Å². The third kappa shape index (κ3) is 6.95. The minimum absolute atomic E-state index is 0.0305. The van der Waals surface area contributed by atoms with Gasteiger partial charge in [-0.05, 0) is 36.8 Å². The first-order valence-corrected chi connectivity index (χ1v) is 13.1. The highest BCUT2D eigenvalue weighted by Gasteiger charge is 2.47. The van der Waals surface area contributed by atoms with Crippen molar-refractivity contribution in [3.63, 3.8) is 0 Å². The Balaban J connectivity index is 1.85. The maximum atomic E-state index is 14.0. The fourth-order valence-corrected chi connectivity index (χ4v) is 6.21. The van der Waals surface area contributed by atoms with E-state index in [1.807, 2.05) is 48.5 Å². The van der Waals surface area contributed by atoms with Crippen molar-refractivity contribution in [3.8, 4) is 0 Å². The summed E-state index contributed by atoms with van der Waals surface area (Å²) in [5.41, 5.74) is 1.54. The maximum Gasteiger partial charge on any atom is 0.242 e. The van der Waals surface area contributed by atoms with Crippen molar-refractivity contribution >= 4 is 28.7 Å². The molecule has 34 heavy (non-hydrogen) atoms. The van der Waals surface area contributed by atoms with Crippen LogP contribution in [-0.2, 0) is 27.2 Å². The van der Waals surface area contributed by atoms with E-state index < -0.39 is 11.5 Å². The van der Waals surface area contributed by atoms with E-state index in [-0.39, 0.29) is 22.2 Å². The fourth-order valence-electron chi connectivity index (χ4n) is 5.00. The average Bonchev–Trinajstić information content (AvgIpc) is 2.87. The molecule has 0 radical (unpaired) electrons. The summed E-state index contributed by atoms with van der Waals surface area (Å²) in [5, 5.41) is 5.70. The minimum Gasteiger partial charge on any atom is -0.357 e. The van der Waals surface area contributed by atoms with E-state index in [0.717, 1.165) is 50.5 Å². The molecule has 0 saturated heterocycles. The third-order valence-corrected chi connectivity index (χ3v) is 8.11. The van der Waals surface area contributed by atoms with Gasteiger partial charge in [-0.15, -0.1) is 0 Å². The molecule has 6 heteroatoms. The fraction of sp³-hybridized carbons (Fsp3) is 0.464. The highest BCUT2D eigenvalue weighted by Crippen LogP contribution is 2.46. The van der Waals surface area contributed by atoms with Crippen LogP contribution in [0.2, 0.25) is 0 Å². The number of thioether (sulfide) groups is 1. The number of carbonyl (C=O) groups is 3. The van der Waals surface area contributed by atoms with Crippen LogP contribution < -0.4 is 10.6 Å². The monoisotopic (exact) mass is 480 g/mol. The Morgan fingerprint density at radius 2 is 1.50 bits per heavy atom. The molecule has 182 valence electrons. The van der Waals surface area contributed by atoms with Gasteiger partial charge in [0.15, 0.2) is 5.12 Å². The standard InChI is InChI=1S/C28H36N2O3S/c1-21(31)34-25(17-16-22-12-6-3-7-13-22)28(18-10-5-11-19-28)27(33)30-24(26(32)29-2)20-23-14-8-4-9-15-23/h3-4,6-9,12-15,24-25H,5,10-11,16-20H2,1-2H3,(H,29,32)(H,30,33)/t24?,25-/m0/s1. The van der Waals surface area contributed by atoms with Crippen LogP contribution in [0.25, 0.3) is 0 Å². The summed E-state index contributed by atoms with van der Waals surface area (Å²) in [6.45, 7) is 1.58. The number of hydrogen-bond donors (Lipinski definition) is 2. The van der Waals surface area contributed by atoms with Gasteiger partial charge in [-0.2, -0.15) is 0 Å². The molecule has 0 aromatic heterocycles. The van der Waals surface area contributed by atoms with Crippen LogP contribution in [0.1, 0.15) is 56.6 Å². The number of nitrogens with one attached hydrogen (secondary N) is 2. The Labute approximate surface area is 207 Å². The SMILES string of the molecule is CNC(=O)C(Cc1ccccc1)NC(=O)C1([C@H](CCc2ccccc2)SC(C)=O)CCCCC1. The second-order valence-corrected chi connectivity index (χ2v) is 10.5. The lowest BCUT2D eigenvalue weighted by molar-refractivity contribution is -0.137. The quantitative estimate of drug-likeness (QED) is 0.517. The van der Waals surface area contributed by atoms with Crippen LogP contribution in [-0.4, -0.2) is 35.3 Å². The molecule has 1 aliphatic rings. The zero-order valence-electron chi connectivity index (χ0n) is 20.2. The Morgan fingerprint density at radius 1 is 0.912 bits per heavy atom. The molecule has 0 aliphatic heterocycles. The van der Waals surface area contributed by atoms with Gasteiger partial charge in [-0.3, -0.25) is 14.4 Å². The number of rotatable bonds is 10. The second-order valence-electron chi connectivity index (χ2n) is 9.17. The van der Waals surface area contributed by atoms with Gasteiger partial charge in [0, 0.05) is 25.6 Å². The number of benzene rings is 2. The van der Waals surface area contributed by atoms with E-state index in [1.165, 1.54) is 17.3 Å². The molecule has 1 unspecified atom stereocenters. The molecule has 2 N–H and O–H groups in total. The van der Waals surface area contributed by atoms with Crippen LogP contribution in [0, 0.1) is 5.41 Å². The van der Waals surface area contributed by atoms with Crippen LogP contribution >= 0.6 is 11.8 Å². The highest BCUT2D eigenvalue weighted by molar-refractivity contribution is 8.14. The molecule has 5 nitrogen and oxygen atoms in total. The van der Waals surface area contributed by atoms with Gasteiger partial charge in [0.25, 0.3) is 0 Å². The summed E-state index contributed by atoms with van der Waals surface area (Å²) in [6.07, 6.45) is 6.46. The van der Waals surface area contributed by atoms with Gasteiger partial charge < -0.3 is 10.6 Å². The molecule has 1 fully saturated rings. The number of carbonyl (C=O) groups excluding carboxylic acids is 3. The van der Waals surface area contributed by atoms with Crippen LogP contribution in [0.5, 0.6) is 0 Å². The number of likely N-dealkylation sites (N-methyl/N-ethyl adjacent to an activating group) is 1. The molecule has 3 rings (SSSR count). The highest BCUT2D eigenvalue weighted by atomic mass is 32.2. The van der Waals surface area contributed by atoms with Crippen LogP contribution in [0.15, 0.2) is 60.7 Å². The van der Waals surface area contributed by atoms with Crippen molar-refractivity contribution in [1.82, 2.24) is 10.6 Å². The first kappa shape index (κ1) is 26.0. The first-order chi connectivity index (χ1) is 16.4. The Bertz CT molecular complexity index is 943. The summed E-state index contributed by atoms with van der Waals surface area (Å²) in [7, 11) is 1.59. The van der Waals surface area contributed by atoms with E-state index in [4.69, 9.17) is 0 Å². The zero-order valence-corrected chi connectivity index (χ0v) is 21.0. The zero-order chi connectivity index (χ0) is 24.4. The summed E-state index contributed by atoms with van der Waals surface area (Å²) < 4.78 is 0. The summed E-state index contributed by atoms with van der Waals surface area (Å²) in [4.78, 5) is 38.9. The van der Waals surface area contributed by atoms with E-state index >= 15 is 0 Å². The molecule has 0 bridgehead atoms. The van der Waals surface area contributed by atoms with E-state index in [0.29, 0.717) is 6.42 Å². The molecule has 1 saturated carbocycles. The number of aryl methyl sites for hydroxylation is 1. The molecule has 0 spiro atoms. The molecule has 2 aromatic carbocycles. The number of amides is 2. The van der Waals surface area contributed by atoms with E-state index in [9.17, 15) is 14.4 Å². The molecule has 1 aliphatic carbocycles. The normalized spacial score (nSPS) is 16.8. The molecular formula is C28H36N2O3S. The predicted octanol–water partition coefficient (Wildman–Crippen LogP) is 4.69. The van der Waals surface area contributed by atoms with Crippen molar-refractivity contribution in [1.29, 1.82) is 0 Å². The average molecular weight is 481 g/mol. The predicted molar refractivity (Wildman–Crippen MR) is 138 cm³/mol. The Hall–Kier alpha value is -2.60. The molecular weight excluding hydrogens is 444 g/mol. The molecule has 2 aromatic rings. The Morgan fingerprint density at radius 3 is 2.06 bits per heavy atom. The number of hydrogen-bond acceptors (Lipinski definition) is 4. The Kier molecular flexibility index (Phi) is 9.75. The molecule has 0 heterocycles. The topological polar surface area (TPSA) is 75.3 Å². The van der Waals surface area contributed by atoms with Crippen LogP contribution in [0.4, 0.5) is 0 Å². The summed E-state index contributed by atoms with van der Waals surface area (Å²) >= 11 is 1.30. The van der Waals surface area contributed by atoms with Gasteiger partial charge in [-0.25, -0.2) is 0 Å². The first-order valence-electron chi connectivity index (χ1n) is 12.2. The van der Waals surface area contributed by atoms with Crippen LogP contribution in [0.3, 0.4) is 0 Å². The van der Waals surface area contributed by atoms with Crippen molar-refractivity contribution < 1.29 is 14.4 Å². The molecule has 2 atom stereocenters. The van der Waals surface area contributed by atoms with Gasteiger partial charge in [0.05, 0.1) is 5.41 Å². The molecule has 2 amide bonds. The van der Waals surface area contributed by atoms with E-state index in [2.05, 4.69) is 22.8 Å². The minimum atomic E-state index is -0.660. The van der Waals surface area contributed by atoms with Crippen molar-refractivity contribution in [2.24, 2.45) is 5.41 Å². The summed E-state index contributed by atoms with van der Waals surface area (Å²) in [5.74, 6) is -0.299. The van der Waals surface area contributed by atoms with E-state index in [1.54, 1.807) is 14.0 Å². The van der Waals surface area contributed by atoms with Gasteiger partial charge in [-0.1, -0.05) is 91.7 Å².